The van der Waals surface area contributed by atoms with Gasteiger partial charge >= 0.3 is 6.18 Å². The van der Waals surface area contributed by atoms with Gasteiger partial charge in [-0.1, -0.05) is 25.5 Å². The molecule has 2 fully saturated rings. The van der Waals surface area contributed by atoms with Gasteiger partial charge in [-0.15, -0.1) is 11.3 Å². The molecule has 0 radical (unpaired) electrons. The molecule has 2 aromatic rings. The molecule has 7 rings (SSSR count). The van der Waals surface area contributed by atoms with Gasteiger partial charge in [-0.3, -0.25) is 9.79 Å². The van der Waals surface area contributed by atoms with E-state index in [0.29, 0.717) is 28.3 Å². The Balaban J connectivity index is 1.19. The first-order valence-electron chi connectivity index (χ1n) is 17.2. The number of allylic oxidation sites excluding steroid dienone is 2. The zero-order valence-corrected chi connectivity index (χ0v) is 30.1. The summed E-state index contributed by atoms with van der Waals surface area (Å²) in [4.78, 5) is 32.5. The zero-order chi connectivity index (χ0) is 35.9. The molecule has 264 valence electrons. The molecule has 0 aromatic carbocycles. The average Bonchev–Trinajstić information content (AvgIpc) is 3.58. The fourth-order valence-electron chi connectivity index (χ4n) is 9.39. The van der Waals surface area contributed by atoms with E-state index in [-0.39, 0.29) is 22.2 Å². The number of fused-ring (bicyclic) bond motifs is 1. The Labute approximate surface area is 294 Å². The van der Waals surface area contributed by atoms with Crippen molar-refractivity contribution in [2.75, 3.05) is 31.5 Å². The number of nitrogens with one attached hydrogen (secondary N) is 2. The number of hydrogen-bond donors (Lipinski definition) is 2. The summed E-state index contributed by atoms with van der Waals surface area (Å²) in [5, 5.41) is 17.6. The average molecular weight is 705 g/mol. The molecule has 4 unspecified atom stereocenters. The number of carbonyl (C=O) groups is 1. The van der Waals surface area contributed by atoms with E-state index in [4.69, 9.17) is 4.99 Å². The number of halogens is 3. The monoisotopic (exact) mass is 704 g/mol. The van der Waals surface area contributed by atoms with Crippen molar-refractivity contribution >= 4 is 39.5 Å². The summed E-state index contributed by atoms with van der Waals surface area (Å²) in [6.45, 7) is 15.8. The molecule has 1 aliphatic carbocycles. The van der Waals surface area contributed by atoms with Gasteiger partial charge in [0.2, 0.25) is 5.91 Å². The molecule has 13 heteroatoms. The Hall–Kier alpha value is -4.02. The van der Waals surface area contributed by atoms with Crippen LogP contribution in [0.3, 0.4) is 0 Å². The molecule has 2 N–H and O–H groups in total. The van der Waals surface area contributed by atoms with E-state index in [9.17, 15) is 23.2 Å². The molecule has 1 amide bonds. The van der Waals surface area contributed by atoms with Crippen LogP contribution in [0.5, 0.6) is 0 Å². The van der Waals surface area contributed by atoms with Crippen LogP contribution in [0.4, 0.5) is 19.0 Å². The lowest BCUT2D eigenvalue weighted by molar-refractivity contribution is -0.126. The minimum atomic E-state index is -4.28. The highest BCUT2D eigenvalue weighted by Crippen LogP contribution is 2.64. The molecule has 4 atom stereocenters. The maximum Gasteiger partial charge on any atom is 0.393 e. The summed E-state index contributed by atoms with van der Waals surface area (Å²) in [5.74, 6) is 0.361. The van der Waals surface area contributed by atoms with Crippen molar-refractivity contribution < 1.29 is 18.0 Å². The van der Waals surface area contributed by atoms with Gasteiger partial charge in [0.1, 0.15) is 28.7 Å². The Kier molecular flexibility index (Phi) is 8.10. The number of aromatic nitrogens is 2. The number of rotatable bonds is 7. The predicted molar refractivity (Wildman–Crippen MR) is 189 cm³/mol. The van der Waals surface area contributed by atoms with Crippen LogP contribution < -0.4 is 10.6 Å². The number of thiophene rings is 1. The number of amides is 1. The minimum Gasteiger partial charge on any atom is -0.367 e. The fraction of sp³-hybridized carbons (Fsp3) is 0.541. The number of dihydropyridines is 1. The van der Waals surface area contributed by atoms with Gasteiger partial charge in [-0.25, -0.2) is 9.97 Å². The van der Waals surface area contributed by atoms with Gasteiger partial charge in [-0.05, 0) is 81.9 Å². The second kappa shape index (κ2) is 11.8. The highest BCUT2D eigenvalue weighted by atomic mass is 32.1. The van der Waals surface area contributed by atoms with Gasteiger partial charge in [0, 0.05) is 54.1 Å². The quantitative estimate of drug-likeness (QED) is 0.244. The number of alkyl halides is 3. The zero-order valence-electron chi connectivity index (χ0n) is 29.3. The van der Waals surface area contributed by atoms with E-state index in [1.54, 1.807) is 12.1 Å². The third-order valence-electron chi connectivity index (χ3n) is 11.7. The van der Waals surface area contributed by atoms with Crippen molar-refractivity contribution in [2.24, 2.45) is 15.8 Å². The highest BCUT2D eigenvalue weighted by Gasteiger charge is 2.64. The first-order chi connectivity index (χ1) is 23.5. The van der Waals surface area contributed by atoms with Gasteiger partial charge < -0.3 is 20.4 Å². The van der Waals surface area contributed by atoms with Crippen LogP contribution in [0, 0.1) is 22.2 Å². The van der Waals surface area contributed by atoms with E-state index in [1.807, 2.05) is 20.1 Å². The molecule has 6 heterocycles. The lowest BCUT2D eigenvalue weighted by Crippen LogP contribution is -2.65. The lowest BCUT2D eigenvalue weighted by Gasteiger charge is -2.61. The maximum atomic E-state index is 13.2. The number of likely N-dealkylation sites (tertiary alicyclic amines) is 1. The molecule has 0 saturated carbocycles. The van der Waals surface area contributed by atoms with Gasteiger partial charge in [0.15, 0.2) is 5.66 Å². The molecule has 9 nitrogen and oxygen atoms in total. The molecule has 0 bridgehead atoms. The van der Waals surface area contributed by atoms with Crippen molar-refractivity contribution in [1.29, 1.82) is 5.26 Å². The van der Waals surface area contributed by atoms with Gasteiger partial charge in [0.25, 0.3) is 0 Å². The van der Waals surface area contributed by atoms with E-state index in [0.717, 1.165) is 61.4 Å². The minimum absolute atomic E-state index is 0.0926. The summed E-state index contributed by atoms with van der Waals surface area (Å²) < 4.78 is 39.3. The number of anilines is 1. The lowest BCUT2D eigenvalue weighted by atomic mass is 9.51. The molecule has 50 heavy (non-hydrogen) atoms. The number of hydrogen-bond acceptors (Lipinski definition) is 9. The van der Waals surface area contributed by atoms with Crippen molar-refractivity contribution in [2.45, 2.75) is 90.6 Å². The molecule has 0 spiro atoms. The maximum absolute atomic E-state index is 13.2. The number of nitrogens with zero attached hydrogens (tertiary/aromatic N) is 6. The normalized spacial score (nSPS) is 31.4. The van der Waals surface area contributed by atoms with E-state index in [2.05, 4.69) is 70.2 Å². The van der Waals surface area contributed by atoms with Crippen LogP contribution in [0.25, 0.3) is 10.2 Å². The summed E-state index contributed by atoms with van der Waals surface area (Å²) >= 11 is 1.05. The SMILES string of the molecule is C/C=C/C(=O)NC1(C)N=CC2(C)CCN3C(C#N)=CC4=C(C)C(C)(CN5CCC(Nc6ncnc7sc(CC(F)(F)F)cc67)CC5)C1=C2C43C. The third kappa shape index (κ3) is 5.37. The van der Waals surface area contributed by atoms with Crippen molar-refractivity contribution in [3.63, 3.8) is 0 Å². The van der Waals surface area contributed by atoms with Crippen molar-refractivity contribution in [3.8, 4) is 6.07 Å². The standard InChI is InChI=1S/C37H43F3N8OS/c1-7-8-28(49)46-36(6)30-29-33(3,19-44-36)11-14-48-24(18-41)15-27(35(29,48)5)22(2)34(30,4)20-47-12-9-23(10-13-47)45-31-26-16-25(17-37(38,39)40)50-32(26)43-21-42-31/h7-8,15-16,19,21,23H,9-14,17,20H2,1-6H3,(H,46,49)(H,42,43,45)/b8-7+. The Bertz CT molecular complexity index is 1960. The van der Waals surface area contributed by atoms with E-state index < -0.39 is 29.2 Å². The van der Waals surface area contributed by atoms with Crippen LogP contribution >= 0.6 is 11.3 Å². The molecule has 2 aromatic heterocycles. The Morgan fingerprint density at radius 3 is 2.58 bits per heavy atom. The first kappa shape index (κ1) is 34.4. The number of carbonyl (C=O) groups excluding carboxylic acids is 1. The van der Waals surface area contributed by atoms with Crippen LogP contribution in [-0.2, 0) is 11.2 Å². The van der Waals surface area contributed by atoms with E-state index in [1.165, 1.54) is 23.5 Å². The van der Waals surface area contributed by atoms with Crippen LogP contribution in [0.15, 0.2) is 63.6 Å². The second-order valence-corrected chi connectivity index (χ2v) is 16.2. The summed E-state index contributed by atoms with van der Waals surface area (Å²) in [7, 11) is 0. The molecule has 2 saturated heterocycles. The summed E-state index contributed by atoms with van der Waals surface area (Å²) in [6.07, 6.45) is 5.96. The van der Waals surface area contributed by atoms with Crippen molar-refractivity contribution in [3.05, 3.63) is 63.5 Å². The molecule has 5 aliphatic rings. The summed E-state index contributed by atoms with van der Waals surface area (Å²) in [6, 6.07) is 4.12. The number of aliphatic imine (C=N–C) groups is 1. The second-order valence-electron chi connectivity index (χ2n) is 15.1. The highest BCUT2D eigenvalue weighted by molar-refractivity contribution is 7.18. The van der Waals surface area contributed by atoms with Crippen molar-refractivity contribution in [1.82, 2.24) is 25.1 Å². The number of nitriles is 1. The third-order valence-corrected chi connectivity index (χ3v) is 12.7. The largest absolute Gasteiger partial charge is 0.393 e. The van der Waals surface area contributed by atoms with Crippen LogP contribution in [0.1, 0.15) is 65.7 Å². The molecular formula is C37H43F3N8OS. The Morgan fingerprint density at radius 1 is 1.16 bits per heavy atom. The fourth-order valence-corrected chi connectivity index (χ4v) is 10.4. The van der Waals surface area contributed by atoms with Crippen LogP contribution in [-0.4, -0.2) is 81.5 Å². The Morgan fingerprint density at radius 2 is 1.90 bits per heavy atom. The first-order valence-corrected chi connectivity index (χ1v) is 18.0. The van der Waals surface area contributed by atoms with Crippen LogP contribution in [0.2, 0.25) is 0 Å². The van der Waals surface area contributed by atoms with Gasteiger partial charge in [0.05, 0.1) is 17.3 Å². The van der Waals surface area contributed by atoms with Gasteiger partial charge in [-0.2, -0.15) is 18.4 Å². The summed E-state index contributed by atoms with van der Waals surface area (Å²) in [5.41, 5.74) is 2.93. The van der Waals surface area contributed by atoms with E-state index >= 15 is 0 Å². The smallest absolute Gasteiger partial charge is 0.367 e. The molecule has 4 aliphatic heterocycles. The molecular weight excluding hydrogens is 662 g/mol. The topological polar surface area (TPSA) is 110 Å². The number of piperidine rings is 2. The predicted octanol–water partition coefficient (Wildman–Crippen LogP) is 6.69.